The minimum atomic E-state index is -3.98. The van der Waals surface area contributed by atoms with Gasteiger partial charge < -0.3 is 5.32 Å². The molecule has 162 valence electrons. The summed E-state index contributed by atoms with van der Waals surface area (Å²) >= 11 is 11.9. The van der Waals surface area contributed by atoms with E-state index in [1.54, 1.807) is 36.4 Å². The number of halogens is 2. The molecule has 0 saturated carbocycles. The maximum atomic E-state index is 13.4. The summed E-state index contributed by atoms with van der Waals surface area (Å²) in [5.74, 6) is -0.507. The molecule has 0 unspecified atom stereocenters. The largest absolute Gasteiger partial charge is 0.324 e. The maximum absolute atomic E-state index is 13.4. The Labute approximate surface area is 192 Å². The van der Waals surface area contributed by atoms with Crippen LogP contribution in [0.3, 0.4) is 0 Å². The second kappa shape index (κ2) is 9.30. The number of nitrogens with one attached hydrogen (secondary N) is 1. The number of anilines is 2. The number of nitrogens with zero attached hydrogens (tertiary/aromatic N) is 1. The Kier molecular flexibility index (Phi) is 6.94. The van der Waals surface area contributed by atoms with E-state index >= 15 is 0 Å². The van der Waals surface area contributed by atoms with E-state index in [1.165, 1.54) is 18.2 Å². The van der Waals surface area contributed by atoms with Gasteiger partial charge in [0, 0.05) is 5.69 Å². The molecule has 8 heteroatoms. The Morgan fingerprint density at radius 3 is 2.16 bits per heavy atom. The third-order valence-corrected chi connectivity index (χ3v) is 7.41. The lowest BCUT2D eigenvalue weighted by Gasteiger charge is -2.25. The second-order valence-corrected chi connectivity index (χ2v) is 9.95. The van der Waals surface area contributed by atoms with E-state index in [2.05, 4.69) is 5.32 Å². The lowest BCUT2D eigenvalue weighted by Crippen LogP contribution is -2.38. The number of carbonyl (C=O) groups excluding carboxylic acids is 1. The van der Waals surface area contributed by atoms with Crippen molar-refractivity contribution in [2.45, 2.75) is 25.7 Å². The van der Waals surface area contributed by atoms with Crippen molar-refractivity contribution in [2.24, 2.45) is 0 Å². The molecule has 0 aliphatic rings. The summed E-state index contributed by atoms with van der Waals surface area (Å²) in [7, 11) is -3.98. The minimum Gasteiger partial charge on any atom is -0.324 e. The predicted octanol–water partition coefficient (Wildman–Crippen LogP) is 5.75. The van der Waals surface area contributed by atoms with E-state index < -0.39 is 22.5 Å². The standard InChI is InChI=1S/C23H22Cl2N2O3S/c1-15-4-9-20(10-5-15)31(29,30)27(19-8-6-16(2)17(3)12-19)14-23(28)26-18-7-11-21(24)22(25)13-18/h4-13H,14H2,1-3H3,(H,26,28). The van der Waals surface area contributed by atoms with Crippen LogP contribution in [-0.4, -0.2) is 20.9 Å². The summed E-state index contributed by atoms with van der Waals surface area (Å²) in [4.78, 5) is 12.9. The number of carbonyl (C=O) groups is 1. The van der Waals surface area contributed by atoms with Crippen molar-refractivity contribution >= 4 is 50.5 Å². The zero-order chi connectivity index (χ0) is 22.8. The van der Waals surface area contributed by atoms with Crippen LogP contribution in [0, 0.1) is 20.8 Å². The number of hydrogen-bond acceptors (Lipinski definition) is 3. The molecule has 5 nitrogen and oxygen atoms in total. The number of sulfonamides is 1. The van der Waals surface area contributed by atoms with Crippen LogP contribution >= 0.6 is 23.2 Å². The molecule has 0 aromatic heterocycles. The molecular weight excluding hydrogens is 455 g/mol. The van der Waals surface area contributed by atoms with Crippen molar-refractivity contribution in [3.05, 3.63) is 87.4 Å². The van der Waals surface area contributed by atoms with Gasteiger partial charge in [-0.3, -0.25) is 9.10 Å². The number of amides is 1. The molecule has 0 aliphatic carbocycles. The monoisotopic (exact) mass is 476 g/mol. The number of hydrogen-bond donors (Lipinski definition) is 1. The van der Waals surface area contributed by atoms with Gasteiger partial charge in [0.1, 0.15) is 6.54 Å². The fraction of sp³-hybridized carbons (Fsp3) is 0.174. The molecule has 1 N–H and O–H groups in total. The lowest BCUT2D eigenvalue weighted by atomic mass is 10.1. The number of benzene rings is 3. The zero-order valence-electron chi connectivity index (χ0n) is 17.3. The molecule has 0 bridgehead atoms. The molecule has 3 rings (SSSR count). The summed E-state index contributed by atoms with van der Waals surface area (Å²) in [6.07, 6.45) is 0. The van der Waals surface area contributed by atoms with Gasteiger partial charge in [0.2, 0.25) is 5.91 Å². The fourth-order valence-corrected chi connectivity index (χ4v) is 4.65. The van der Waals surface area contributed by atoms with Gasteiger partial charge in [0.05, 0.1) is 20.6 Å². The van der Waals surface area contributed by atoms with Crippen molar-refractivity contribution in [1.29, 1.82) is 0 Å². The van der Waals surface area contributed by atoms with Gasteiger partial charge in [-0.1, -0.05) is 47.0 Å². The third-order valence-electron chi connectivity index (χ3n) is 4.88. The molecule has 1 amide bonds. The van der Waals surface area contributed by atoms with Crippen molar-refractivity contribution in [3.63, 3.8) is 0 Å². The Balaban J connectivity index is 1.97. The van der Waals surface area contributed by atoms with Gasteiger partial charge in [-0.25, -0.2) is 8.42 Å². The minimum absolute atomic E-state index is 0.110. The molecule has 0 radical (unpaired) electrons. The molecule has 3 aromatic carbocycles. The van der Waals surface area contributed by atoms with Crippen molar-refractivity contribution in [3.8, 4) is 0 Å². The quantitative estimate of drug-likeness (QED) is 0.492. The van der Waals surface area contributed by atoms with Gasteiger partial charge in [-0.2, -0.15) is 0 Å². The highest BCUT2D eigenvalue weighted by atomic mass is 35.5. The SMILES string of the molecule is Cc1ccc(S(=O)(=O)N(CC(=O)Nc2ccc(Cl)c(Cl)c2)c2ccc(C)c(C)c2)cc1. The van der Waals surface area contributed by atoms with E-state index in [9.17, 15) is 13.2 Å². The van der Waals surface area contributed by atoms with Gasteiger partial charge in [0.15, 0.2) is 0 Å². The number of rotatable bonds is 6. The van der Waals surface area contributed by atoms with Crippen LogP contribution in [0.15, 0.2) is 65.6 Å². The average molecular weight is 477 g/mol. The summed E-state index contributed by atoms with van der Waals surface area (Å²) in [5.41, 5.74) is 3.72. The fourth-order valence-electron chi connectivity index (χ4n) is 2.94. The van der Waals surface area contributed by atoms with E-state index in [0.29, 0.717) is 16.4 Å². The molecule has 0 saturated heterocycles. The lowest BCUT2D eigenvalue weighted by molar-refractivity contribution is -0.114. The van der Waals surface area contributed by atoms with Crippen molar-refractivity contribution < 1.29 is 13.2 Å². The van der Waals surface area contributed by atoms with Crippen LogP contribution < -0.4 is 9.62 Å². The number of aryl methyl sites for hydroxylation is 3. The van der Waals surface area contributed by atoms with Crippen LogP contribution in [0.5, 0.6) is 0 Å². The second-order valence-electron chi connectivity index (χ2n) is 7.27. The molecule has 0 heterocycles. The first-order valence-electron chi connectivity index (χ1n) is 9.49. The van der Waals surface area contributed by atoms with Gasteiger partial charge in [-0.05, 0) is 74.4 Å². The van der Waals surface area contributed by atoms with Crippen LogP contribution in [0.2, 0.25) is 10.0 Å². The predicted molar refractivity (Wildman–Crippen MR) is 127 cm³/mol. The Morgan fingerprint density at radius 2 is 1.55 bits per heavy atom. The first-order valence-corrected chi connectivity index (χ1v) is 11.7. The summed E-state index contributed by atoms with van der Waals surface area (Å²) in [5, 5.41) is 3.33. The topological polar surface area (TPSA) is 66.5 Å². The van der Waals surface area contributed by atoms with Crippen molar-refractivity contribution in [1.82, 2.24) is 0 Å². The normalized spacial score (nSPS) is 11.3. The first kappa shape index (κ1) is 23.1. The summed E-state index contributed by atoms with van der Waals surface area (Å²) < 4.78 is 28.0. The Morgan fingerprint density at radius 1 is 0.871 bits per heavy atom. The molecule has 0 spiro atoms. The van der Waals surface area contributed by atoms with Gasteiger partial charge >= 0.3 is 0 Å². The molecule has 31 heavy (non-hydrogen) atoms. The van der Waals surface area contributed by atoms with Crippen LogP contribution in [-0.2, 0) is 14.8 Å². The highest BCUT2D eigenvalue weighted by Gasteiger charge is 2.27. The Hall–Kier alpha value is -2.54. The van der Waals surface area contributed by atoms with Crippen LogP contribution in [0.1, 0.15) is 16.7 Å². The molecule has 0 fully saturated rings. The average Bonchev–Trinajstić information content (AvgIpc) is 2.71. The summed E-state index contributed by atoms with van der Waals surface area (Å²) in [6, 6.07) is 16.5. The molecular formula is C23H22Cl2N2O3S. The van der Waals surface area contributed by atoms with Crippen molar-refractivity contribution in [2.75, 3.05) is 16.2 Å². The van der Waals surface area contributed by atoms with Gasteiger partial charge in [-0.15, -0.1) is 0 Å². The third kappa shape index (κ3) is 5.39. The first-order chi connectivity index (χ1) is 14.6. The van der Waals surface area contributed by atoms with Crippen LogP contribution in [0.4, 0.5) is 11.4 Å². The molecule has 0 aliphatic heterocycles. The molecule has 3 aromatic rings. The summed E-state index contributed by atoms with van der Waals surface area (Å²) in [6.45, 7) is 5.31. The van der Waals surface area contributed by atoms with Gasteiger partial charge in [0.25, 0.3) is 10.0 Å². The van der Waals surface area contributed by atoms with E-state index in [1.807, 2.05) is 26.8 Å². The zero-order valence-corrected chi connectivity index (χ0v) is 19.6. The molecule has 0 atom stereocenters. The smallest absolute Gasteiger partial charge is 0.264 e. The van der Waals surface area contributed by atoms with E-state index in [0.717, 1.165) is 21.0 Å². The highest BCUT2D eigenvalue weighted by Crippen LogP contribution is 2.27. The van der Waals surface area contributed by atoms with E-state index in [4.69, 9.17) is 23.2 Å². The van der Waals surface area contributed by atoms with E-state index in [-0.39, 0.29) is 9.92 Å². The van der Waals surface area contributed by atoms with Crippen LogP contribution in [0.25, 0.3) is 0 Å². The Bertz CT molecular complexity index is 1230. The maximum Gasteiger partial charge on any atom is 0.264 e. The highest BCUT2D eigenvalue weighted by molar-refractivity contribution is 7.92.